The molecule has 1 aliphatic rings. The summed E-state index contributed by atoms with van der Waals surface area (Å²) in [6.07, 6.45) is -10.8. The third-order valence-corrected chi connectivity index (χ3v) is 5.58. The minimum absolute atomic E-state index is 0.368. The molecule has 0 aliphatic heterocycles. The van der Waals surface area contributed by atoms with Crippen molar-refractivity contribution in [1.29, 1.82) is 15.8 Å². The zero-order valence-corrected chi connectivity index (χ0v) is 19.1. The maximum atomic E-state index is 14.7. The van der Waals surface area contributed by atoms with Crippen LogP contribution in [0, 0.1) is 63.1 Å². The molecular weight excluding hydrogens is 583 g/mol. The number of ether oxygens (including phenoxy) is 2. The summed E-state index contributed by atoms with van der Waals surface area (Å²) in [6.45, 7) is 0. The second-order valence-electron chi connectivity index (χ2n) is 7.91. The normalized spacial score (nSPS) is 12.1. The van der Waals surface area contributed by atoms with Gasteiger partial charge in [0.15, 0.2) is 23.3 Å². The van der Waals surface area contributed by atoms with E-state index in [-0.39, 0.29) is 11.1 Å². The highest BCUT2D eigenvalue weighted by atomic mass is 19.4. The second-order valence-corrected chi connectivity index (χ2v) is 7.91. The van der Waals surface area contributed by atoms with E-state index < -0.39 is 92.3 Å². The SMILES string of the molecule is N#CC(=C1c2cc(OC(F)(F)F)c(C#N)cc2-c2cc(C#N)c(OC(F)(F)F)cc21)c1c(F)c(F)c(F)c(F)c1F. The minimum Gasteiger partial charge on any atom is -0.404 e. The summed E-state index contributed by atoms with van der Waals surface area (Å²) in [7, 11) is 0. The Kier molecular flexibility index (Phi) is 6.80. The summed E-state index contributed by atoms with van der Waals surface area (Å²) in [5.74, 6) is -15.2. The average molecular weight is 587 g/mol. The topological polar surface area (TPSA) is 89.8 Å². The van der Waals surface area contributed by atoms with Crippen molar-refractivity contribution in [2.45, 2.75) is 12.7 Å². The van der Waals surface area contributed by atoms with E-state index >= 15 is 0 Å². The molecule has 0 saturated heterocycles. The average Bonchev–Trinajstić information content (AvgIpc) is 3.17. The Hall–Kier alpha value is -5.30. The van der Waals surface area contributed by atoms with Crippen LogP contribution in [-0.2, 0) is 0 Å². The van der Waals surface area contributed by atoms with Crippen LogP contribution in [0.4, 0.5) is 48.3 Å². The van der Waals surface area contributed by atoms with Crippen molar-refractivity contribution in [3.05, 3.63) is 81.2 Å². The molecule has 0 heterocycles. The van der Waals surface area contributed by atoms with E-state index in [0.717, 1.165) is 0 Å². The molecule has 0 aromatic heterocycles. The minimum atomic E-state index is -5.42. The van der Waals surface area contributed by atoms with Gasteiger partial charge < -0.3 is 9.47 Å². The van der Waals surface area contributed by atoms with Gasteiger partial charge in [0, 0.05) is 5.57 Å². The molecule has 0 amide bonds. The predicted molar refractivity (Wildman–Crippen MR) is 112 cm³/mol. The number of benzene rings is 3. The van der Waals surface area contributed by atoms with Gasteiger partial charge in [0.2, 0.25) is 5.82 Å². The van der Waals surface area contributed by atoms with E-state index in [2.05, 4.69) is 9.47 Å². The second kappa shape index (κ2) is 9.71. The molecule has 0 saturated carbocycles. The number of nitriles is 3. The van der Waals surface area contributed by atoms with Crippen molar-refractivity contribution in [2.24, 2.45) is 0 Å². The van der Waals surface area contributed by atoms with Gasteiger partial charge in [-0.15, -0.1) is 26.3 Å². The number of nitrogens with zero attached hydrogens (tertiary/aromatic N) is 3. The molecule has 41 heavy (non-hydrogen) atoms. The number of hydrogen-bond donors (Lipinski definition) is 0. The van der Waals surface area contributed by atoms with E-state index in [1.54, 1.807) is 0 Å². The first-order chi connectivity index (χ1) is 19.0. The molecule has 0 fully saturated rings. The summed E-state index contributed by atoms with van der Waals surface area (Å²) in [5, 5.41) is 28.5. The van der Waals surface area contributed by atoms with Crippen molar-refractivity contribution in [3.8, 4) is 40.8 Å². The predicted octanol–water partition coefficient (Wildman–Crippen LogP) is 7.39. The number of rotatable bonds is 3. The molecule has 0 unspecified atom stereocenters. The molecule has 0 atom stereocenters. The van der Waals surface area contributed by atoms with Gasteiger partial charge in [-0.1, -0.05) is 0 Å². The van der Waals surface area contributed by atoms with Gasteiger partial charge in [-0.3, -0.25) is 0 Å². The van der Waals surface area contributed by atoms with Gasteiger partial charge in [-0.2, -0.15) is 15.8 Å². The number of allylic oxidation sites excluding steroid dienone is 1. The summed E-state index contributed by atoms with van der Waals surface area (Å²) in [6, 6.07) is 6.17. The molecule has 3 aromatic carbocycles. The van der Waals surface area contributed by atoms with Crippen LogP contribution in [0.2, 0.25) is 0 Å². The molecule has 208 valence electrons. The van der Waals surface area contributed by atoms with Gasteiger partial charge in [-0.25, -0.2) is 22.0 Å². The van der Waals surface area contributed by atoms with E-state index in [1.165, 1.54) is 18.2 Å². The van der Waals surface area contributed by atoms with Crippen molar-refractivity contribution >= 4 is 11.1 Å². The highest BCUT2D eigenvalue weighted by Crippen LogP contribution is 2.52. The van der Waals surface area contributed by atoms with Crippen LogP contribution in [0.1, 0.15) is 27.8 Å². The molecule has 5 nitrogen and oxygen atoms in total. The fourth-order valence-electron chi connectivity index (χ4n) is 4.09. The first kappa shape index (κ1) is 28.7. The Morgan fingerprint density at radius 2 is 0.927 bits per heavy atom. The highest BCUT2D eigenvalue weighted by Gasteiger charge is 2.39. The van der Waals surface area contributed by atoms with Gasteiger partial charge >= 0.3 is 12.7 Å². The Balaban J connectivity index is 2.22. The Labute approximate surface area is 220 Å². The van der Waals surface area contributed by atoms with Crippen LogP contribution in [0.15, 0.2) is 24.3 Å². The Bertz CT molecular complexity index is 1690. The smallest absolute Gasteiger partial charge is 0.404 e. The standard InChI is InChI=1S/C25H4F11N3O2/c26-19-18(20(27)22(29)23(30)21(19)28)14(7-39)17-12-3-15(40-24(31,32)33)8(5-37)1-10(12)11-2-9(6-38)16(4-13(11)17)41-25(34,35)36/h1-4H. The maximum Gasteiger partial charge on any atom is 0.573 e. The third kappa shape index (κ3) is 4.94. The summed E-state index contributed by atoms with van der Waals surface area (Å²) in [4.78, 5) is 0. The molecule has 0 bridgehead atoms. The van der Waals surface area contributed by atoms with Crippen LogP contribution in [0.25, 0.3) is 22.3 Å². The van der Waals surface area contributed by atoms with Crippen LogP contribution < -0.4 is 9.47 Å². The fraction of sp³-hybridized carbons (Fsp3) is 0.0800. The van der Waals surface area contributed by atoms with E-state index in [0.29, 0.717) is 24.3 Å². The van der Waals surface area contributed by atoms with Gasteiger partial charge in [-0.05, 0) is 46.5 Å². The number of alkyl halides is 6. The van der Waals surface area contributed by atoms with E-state index in [9.17, 15) is 64.1 Å². The lowest BCUT2D eigenvalue weighted by Crippen LogP contribution is -2.18. The fourth-order valence-corrected chi connectivity index (χ4v) is 4.09. The molecule has 3 aromatic rings. The van der Waals surface area contributed by atoms with Crippen LogP contribution in [-0.4, -0.2) is 12.7 Å². The quantitative estimate of drug-likeness (QED) is 0.108. The maximum absolute atomic E-state index is 14.7. The Morgan fingerprint density at radius 3 is 1.24 bits per heavy atom. The summed E-state index contributed by atoms with van der Waals surface area (Å²) in [5.41, 5.74) is -7.90. The van der Waals surface area contributed by atoms with Gasteiger partial charge in [0.25, 0.3) is 0 Å². The lowest BCUT2D eigenvalue weighted by atomic mass is 9.92. The molecule has 0 radical (unpaired) electrons. The zero-order valence-electron chi connectivity index (χ0n) is 19.1. The highest BCUT2D eigenvalue weighted by molar-refractivity contribution is 6.14. The largest absolute Gasteiger partial charge is 0.573 e. The van der Waals surface area contributed by atoms with Crippen molar-refractivity contribution in [2.75, 3.05) is 0 Å². The van der Waals surface area contributed by atoms with Crippen molar-refractivity contribution in [3.63, 3.8) is 0 Å². The summed E-state index contributed by atoms with van der Waals surface area (Å²) < 4.78 is 157. The van der Waals surface area contributed by atoms with Crippen LogP contribution in [0.3, 0.4) is 0 Å². The summed E-state index contributed by atoms with van der Waals surface area (Å²) >= 11 is 0. The van der Waals surface area contributed by atoms with Crippen LogP contribution in [0.5, 0.6) is 11.5 Å². The molecule has 0 spiro atoms. The van der Waals surface area contributed by atoms with Gasteiger partial charge in [0.05, 0.1) is 22.3 Å². The molecule has 1 aliphatic carbocycles. The van der Waals surface area contributed by atoms with E-state index in [4.69, 9.17) is 0 Å². The van der Waals surface area contributed by atoms with Crippen LogP contribution >= 0.6 is 0 Å². The first-order valence-electron chi connectivity index (χ1n) is 10.4. The number of halogens is 11. The molecule has 0 N–H and O–H groups in total. The monoisotopic (exact) mass is 587 g/mol. The first-order valence-corrected chi connectivity index (χ1v) is 10.4. The molecule has 4 rings (SSSR count). The Morgan fingerprint density at radius 1 is 0.561 bits per heavy atom. The third-order valence-electron chi connectivity index (χ3n) is 5.58. The molecule has 16 heteroatoms. The molecular formula is C25H4F11N3O2. The number of fused-ring (bicyclic) bond motifs is 3. The number of hydrogen-bond acceptors (Lipinski definition) is 5. The zero-order chi connectivity index (χ0) is 30.6. The lowest BCUT2D eigenvalue weighted by molar-refractivity contribution is -0.275. The van der Waals surface area contributed by atoms with Crippen molar-refractivity contribution in [1.82, 2.24) is 0 Å². The van der Waals surface area contributed by atoms with E-state index in [1.807, 2.05) is 0 Å². The van der Waals surface area contributed by atoms with Gasteiger partial charge in [0.1, 0.15) is 29.7 Å². The van der Waals surface area contributed by atoms with Crippen molar-refractivity contribution < 1.29 is 57.8 Å². The lowest BCUT2D eigenvalue weighted by Gasteiger charge is -2.15.